The average Bonchev–Trinajstić information content (AvgIpc) is 1.31. The van der Waals surface area contributed by atoms with Crippen LogP contribution in [-0.2, 0) is 0 Å². The van der Waals surface area contributed by atoms with Crippen molar-refractivity contribution in [1.82, 2.24) is 0 Å². The van der Waals surface area contributed by atoms with Gasteiger partial charge in [-0.25, -0.2) is 9.21 Å². The first-order valence-corrected chi connectivity index (χ1v) is 4.93. The highest BCUT2D eigenvalue weighted by Gasteiger charge is 1.80. The largest absolute Gasteiger partial charge is 0.215 e. The van der Waals surface area contributed by atoms with Crippen molar-refractivity contribution in [3.8, 4) is 0 Å². The normalized spacial score (nSPS) is 11.4. The first kappa shape index (κ1) is 7.09. The fraction of sp³-hybridized carbons (Fsp3) is 0.667. The molecule has 0 aliphatic rings. The van der Waals surface area contributed by atoms with Gasteiger partial charge in [-0.1, -0.05) is 10.7 Å². The summed E-state index contributed by atoms with van der Waals surface area (Å²) in [5.41, 5.74) is 0. The van der Waals surface area contributed by atoms with Gasteiger partial charge in [-0.2, -0.15) is 0 Å². The van der Waals surface area contributed by atoms with Gasteiger partial charge in [-0.15, -0.1) is 0 Å². The van der Waals surface area contributed by atoms with E-state index in [4.69, 9.17) is 0 Å². The molecule has 1 heteroatoms. The summed E-state index contributed by atoms with van der Waals surface area (Å²) in [4.78, 5) is 1.47. The molecule has 0 nitrogen and oxygen atoms in total. The lowest BCUT2D eigenvalue weighted by atomic mass is 10.6. The first-order valence-electron chi connectivity index (χ1n) is 2.31. The van der Waals surface area contributed by atoms with E-state index in [-0.39, 0.29) is 0 Å². The summed E-state index contributed by atoms with van der Waals surface area (Å²) in [6.45, 7) is 4.28. The van der Waals surface area contributed by atoms with Crippen LogP contribution in [0.4, 0.5) is 0 Å². The number of hydrogen-bond acceptors (Lipinski definition) is 0. The van der Waals surface area contributed by atoms with Crippen LogP contribution in [0.25, 0.3) is 0 Å². The van der Waals surface area contributed by atoms with Gasteiger partial charge in [0, 0.05) is 0 Å². The summed E-state index contributed by atoms with van der Waals surface area (Å²) >= 11 is 0. The Kier molecular flexibility index (Phi) is 1.93. The molecule has 0 atom stereocenters. The van der Waals surface area contributed by atoms with Crippen LogP contribution in [0.2, 0.25) is 0 Å². The van der Waals surface area contributed by atoms with Crippen molar-refractivity contribution in [3.05, 3.63) is 0 Å². The van der Waals surface area contributed by atoms with Gasteiger partial charge in [0.25, 0.3) is 0 Å². The zero-order valence-corrected chi connectivity index (χ0v) is 6.43. The van der Waals surface area contributed by atoms with Crippen molar-refractivity contribution in [2.45, 2.75) is 13.8 Å². The van der Waals surface area contributed by atoms with Gasteiger partial charge in [0.15, 0.2) is 0 Å². The highest BCUT2D eigenvalue weighted by atomic mass is 32.2. The molecule has 0 aromatic rings. The van der Waals surface area contributed by atoms with Gasteiger partial charge >= 0.3 is 0 Å². The molecule has 0 rings (SSSR count). The Bertz CT molecular complexity index is 145. The fourth-order valence-electron chi connectivity index (χ4n) is 0. The Morgan fingerprint density at radius 3 is 1.43 bits per heavy atom. The SMILES string of the molecule is C=S(C)(C)=C(C)C. The highest BCUT2D eigenvalue weighted by Crippen LogP contribution is 2.10. The Morgan fingerprint density at radius 1 is 1.29 bits per heavy atom. The van der Waals surface area contributed by atoms with Crippen molar-refractivity contribution in [2.24, 2.45) is 0 Å². The van der Waals surface area contributed by atoms with E-state index in [1.54, 1.807) is 0 Å². The van der Waals surface area contributed by atoms with Gasteiger partial charge in [0.05, 0.1) is 0 Å². The first-order chi connectivity index (χ1) is 2.94. The van der Waals surface area contributed by atoms with E-state index in [1.807, 2.05) is 0 Å². The predicted molar refractivity (Wildman–Crippen MR) is 42.9 cm³/mol. The van der Waals surface area contributed by atoms with Crippen LogP contribution in [0.1, 0.15) is 13.8 Å². The lowest BCUT2D eigenvalue weighted by Crippen LogP contribution is -1.83. The maximum Gasteiger partial charge on any atom is -0.0284 e. The summed E-state index contributed by atoms with van der Waals surface area (Å²) in [6, 6.07) is 0. The maximum absolute atomic E-state index is 4.02. The molecule has 7 heavy (non-hydrogen) atoms. The molecule has 0 N–H and O–H groups in total. The van der Waals surface area contributed by atoms with Crippen LogP contribution in [-0.4, -0.2) is 23.2 Å². The summed E-state index contributed by atoms with van der Waals surface area (Å²) in [5.74, 6) is 4.02. The lowest BCUT2D eigenvalue weighted by molar-refractivity contribution is 1.84. The second-order valence-electron chi connectivity index (χ2n) is 2.45. The molecule has 0 heterocycles. The summed E-state index contributed by atoms with van der Waals surface area (Å²) in [7, 11) is -0.574. The van der Waals surface area contributed by atoms with Gasteiger partial charge in [-0.05, 0) is 26.4 Å². The fourth-order valence-corrected chi connectivity index (χ4v) is 0. The number of rotatable bonds is 0. The molecule has 0 radical (unpaired) electrons. The van der Waals surface area contributed by atoms with E-state index in [0.29, 0.717) is 0 Å². The average molecular weight is 118 g/mol. The van der Waals surface area contributed by atoms with Gasteiger partial charge < -0.3 is 0 Å². The molecule has 0 fully saturated rings. The highest BCUT2D eigenvalue weighted by molar-refractivity contribution is 8.28. The molecular formula is C6H14S. The summed E-state index contributed by atoms with van der Waals surface area (Å²) in [5, 5.41) is 0. The third kappa shape index (κ3) is 2.75. The van der Waals surface area contributed by atoms with Crippen molar-refractivity contribution in [1.29, 1.82) is 0 Å². The van der Waals surface area contributed by atoms with Crippen LogP contribution in [0.15, 0.2) is 0 Å². The molecule has 0 bridgehead atoms. The number of hydrogen-bond donors (Lipinski definition) is 0. The van der Waals surface area contributed by atoms with E-state index < -0.39 is 9.21 Å². The molecule has 44 valence electrons. The van der Waals surface area contributed by atoms with E-state index in [0.717, 1.165) is 0 Å². The third-order valence-electron chi connectivity index (χ3n) is 1.11. The molecule has 0 aromatic heterocycles. The Morgan fingerprint density at radius 2 is 1.43 bits per heavy atom. The standard InChI is InChI=1S/C6H14S/c1-6(2)7(3,4)5/h3H2,1-2,4-5H3. The molecule has 0 aliphatic carbocycles. The summed E-state index contributed by atoms with van der Waals surface area (Å²) in [6.07, 6.45) is 4.39. The Hall–Kier alpha value is 0.0900. The van der Waals surface area contributed by atoms with Crippen molar-refractivity contribution >= 4 is 19.9 Å². The zero-order valence-electron chi connectivity index (χ0n) is 5.62. The maximum atomic E-state index is 4.02. The second-order valence-corrected chi connectivity index (χ2v) is 6.34. The van der Waals surface area contributed by atoms with E-state index in [1.165, 1.54) is 4.86 Å². The minimum Gasteiger partial charge on any atom is -0.215 e. The van der Waals surface area contributed by atoms with Crippen LogP contribution in [0, 0.1) is 0 Å². The van der Waals surface area contributed by atoms with Crippen LogP contribution >= 0.6 is 9.21 Å². The smallest absolute Gasteiger partial charge is 0.0284 e. The molecule has 0 saturated carbocycles. The quantitative estimate of drug-likeness (QED) is 0.425. The molecule has 0 aromatic carbocycles. The molecular weight excluding hydrogens is 104 g/mol. The Labute approximate surface area is 47.0 Å². The molecule has 0 spiro atoms. The minimum absolute atomic E-state index is 0.574. The summed E-state index contributed by atoms with van der Waals surface area (Å²) < 4.78 is 0. The molecule has 0 unspecified atom stereocenters. The lowest BCUT2D eigenvalue weighted by Gasteiger charge is -2.01. The van der Waals surface area contributed by atoms with Crippen LogP contribution in [0.3, 0.4) is 0 Å². The monoisotopic (exact) mass is 118 g/mol. The topological polar surface area (TPSA) is 0 Å². The van der Waals surface area contributed by atoms with E-state index >= 15 is 0 Å². The second kappa shape index (κ2) is 1.91. The predicted octanol–water partition coefficient (Wildman–Crippen LogP) is 1.69. The van der Waals surface area contributed by atoms with Crippen LogP contribution in [0.5, 0.6) is 0 Å². The van der Waals surface area contributed by atoms with Gasteiger partial charge in [-0.3, -0.25) is 0 Å². The van der Waals surface area contributed by atoms with Crippen molar-refractivity contribution < 1.29 is 0 Å². The molecule has 0 aliphatic heterocycles. The third-order valence-corrected chi connectivity index (χ3v) is 3.32. The Balaban J connectivity index is 4.67. The van der Waals surface area contributed by atoms with Gasteiger partial charge in [0.2, 0.25) is 0 Å². The van der Waals surface area contributed by atoms with E-state index in [9.17, 15) is 0 Å². The zero-order chi connectivity index (χ0) is 6.08. The molecule has 0 saturated heterocycles. The van der Waals surface area contributed by atoms with Gasteiger partial charge in [0.1, 0.15) is 0 Å². The van der Waals surface area contributed by atoms with Crippen molar-refractivity contribution in [3.63, 3.8) is 0 Å². The molecule has 0 amide bonds. The van der Waals surface area contributed by atoms with Crippen LogP contribution < -0.4 is 0 Å². The minimum atomic E-state index is -0.574. The van der Waals surface area contributed by atoms with E-state index in [2.05, 4.69) is 32.2 Å². The van der Waals surface area contributed by atoms with Crippen molar-refractivity contribution in [2.75, 3.05) is 12.5 Å².